The Kier molecular flexibility index (Phi) is 13.5. The number of aliphatic hydroxyl groups is 7. The number of phenolic OH excluding ortho intramolecular Hbond substituents is 4. The standard InChI is InChI=1S/C34H44O19/c1-14-24(42)26(44)28(46)33(49-14)52-30-29(51-23(41)7-4-15-2-5-17(36)19(38)10-15)22(12-35)50-34(47-9-8-16-3-6-18(37)20(39)11-16)31(30)53-32-27(45)25(43)21(40)13-48-32/h2-7,10-11,14,21-22,24-40,42-46H,8-9,12-13H2,1H3/t14-,21-,22+,24+,25+,26-,27-,28+,29+,30+,31-,32+,33+,34+/m0/s1. The summed E-state index contributed by atoms with van der Waals surface area (Å²) in [6.45, 7) is -0.101. The van der Waals surface area contributed by atoms with Crippen molar-refractivity contribution in [3.05, 3.63) is 53.6 Å². The number of hydrogen-bond donors (Lipinski definition) is 11. The predicted molar refractivity (Wildman–Crippen MR) is 174 cm³/mol. The van der Waals surface area contributed by atoms with Gasteiger partial charge in [0.2, 0.25) is 0 Å². The van der Waals surface area contributed by atoms with Crippen LogP contribution in [-0.4, -0.2) is 168 Å². The molecule has 0 bridgehead atoms. The minimum atomic E-state index is -1.88. The zero-order valence-electron chi connectivity index (χ0n) is 28.2. The third kappa shape index (κ3) is 9.53. The minimum absolute atomic E-state index is 0.116. The molecular formula is C34H44O19. The third-order valence-electron chi connectivity index (χ3n) is 8.99. The minimum Gasteiger partial charge on any atom is -0.504 e. The quantitative estimate of drug-likeness (QED) is 0.0603. The van der Waals surface area contributed by atoms with Crippen molar-refractivity contribution >= 4 is 12.0 Å². The lowest BCUT2D eigenvalue weighted by molar-refractivity contribution is -0.385. The number of rotatable bonds is 12. The van der Waals surface area contributed by atoms with Crippen LogP contribution in [0.3, 0.4) is 0 Å². The van der Waals surface area contributed by atoms with Gasteiger partial charge >= 0.3 is 5.97 Å². The fourth-order valence-electron chi connectivity index (χ4n) is 5.93. The maximum Gasteiger partial charge on any atom is 0.331 e. The predicted octanol–water partition coefficient (Wildman–Crippen LogP) is -2.55. The van der Waals surface area contributed by atoms with Crippen molar-refractivity contribution in [2.45, 2.75) is 99.4 Å². The molecule has 3 fully saturated rings. The molecule has 53 heavy (non-hydrogen) atoms. The lowest BCUT2D eigenvalue weighted by Crippen LogP contribution is -2.67. The average molecular weight is 757 g/mol. The number of benzene rings is 2. The number of aromatic hydroxyl groups is 4. The first-order chi connectivity index (χ1) is 25.2. The van der Waals surface area contributed by atoms with E-state index in [9.17, 15) is 61.0 Å². The van der Waals surface area contributed by atoms with Gasteiger partial charge in [0.15, 0.2) is 48.0 Å². The molecule has 0 amide bonds. The van der Waals surface area contributed by atoms with E-state index in [1.165, 1.54) is 49.4 Å². The van der Waals surface area contributed by atoms with Crippen molar-refractivity contribution in [2.75, 3.05) is 19.8 Å². The highest BCUT2D eigenvalue weighted by atomic mass is 16.8. The van der Waals surface area contributed by atoms with Gasteiger partial charge in [0.1, 0.15) is 54.9 Å². The van der Waals surface area contributed by atoms with E-state index in [2.05, 4.69) is 0 Å². The zero-order valence-corrected chi connectivity index (χ0v) is 28.2. The van der Waals surface area contributed by atoms with Gasteiger partial charge in [0.25, 0.3) is 0 Å². The van der Waals surface area contributed by atoms with Crippen molar-refractivity contribution in [3.63, 3.8) is 0 Å². The van der Waals surface area contributed by atoms with Gasteiger partial charge in [-0.2, -0.15) is 0 Å². The fourth-order valence-corrected chi connectivity index (χ4v) is 5.93. The van der Waals surface area contributed by atoms with E-state index in [1.54, 1.807) is 0 Å². The molecule has 11 N–H and O–H groups in total. The van der Waals surface area contributed by atoms with Gasteiger partial charge in [0.05, 0.1) is 25.9 Å². The average Bonchev–Trinajstić information content (AvgIpc) is 3.13. The first-order valence-corrected chi connectivity index (χ1v) is 16.6. The molecular weight excluding hydrogens is 712 g/mol. The molecule has 3 aliphatic heterocycles. The SMILES string of the molecule is C[C@@H]1O[C@H](O[C@H]2[C@H](O[C@H]3OC[C@H](O)[C@@H](O)[C@@H]3O)[C@H](OCCc3ccc(O)c(O)c3)O[C@H](CO)[C@H]2OC(=O)C=Cc2ccc(O)c(O)c2)[C@H](O)[C@@H](O)[C@@H]1O. The van der Waals surface area contributed by atoms with Crippen LogP contribution >= 0.6 is 0 Å². The molecule has 19 heteroatoms. The van der Waals surface area contributed by atoms with Gasteiger partial charge in [-0.1, -0.05) is 12.1 Å². The number of aliphatic hydroxyl groups excluding tert-OH is 7. The van der Waals surface area contributed by atoms with Crippen LogP contribution in [-0.2, 0) is 44.4 Å². The molecule has 0 aliphatic carbocycles. The molecule has 2 aromatic rings. The van der Waals surface area contributed by atoms with Crippen LogP contribution in [0.5, 0.6) is 23.0 Å². The second-order valence-electron chi connectivity index (χ2n) is 12.8. The Morgan fingerprint density at radius 2 is 1.42 bits per heavy atom. The van der Waals surface area contributed by atoms with Crippen molar-refractivity contribution in [3.8, 4) is 23.0 Å². The lowest BCUT2D eigenvalue weighted by Gasteiger charge is -2.49. The molecule has 0 aromatic heterocycles. The maximum atomic E-state index is 13.2. The second kappa shape index (κ2) is 17.6. The van der Waals surface area contributed by atoms with Crippen LogP contribution in [0, 0.1) is 0 Å². The van der Waals surface area contributed by atoms with Crippen LogP contribution < -0.4 is 0 Å². The zero-order chi connectivity index (χ0) is 38.6. The van der Waals surface area contributed by atoms with Crippen LogP contribution in [0.4, 0.5) is 0 Å². The normalized spacial score (nSPS) is 36.4. The van der Waals surface area contributed by atoms with Gasteiger partial charge in [-0.3, -0.25) is 0 Å². The number of carbonyl (C=O) groups excluding carboxylic acids is 1. The second-order valence-corrected chi connectivity index (χ2v) is 12.8. The van der Waals surface area contributed by atoms with Crippen LogP contribution in [0.2, 0.25) is 0 Å². The lowest BCUT2D eigenvalue weighted by atomic mass is 9.96. The Morgan fingerprint density at radius 1 is 0.755 bits per heavy atom. The largest absolute Gasteiger partial charge is 0.504 e. The van der Waals surface area contributed by atoms with E-state index < -0.39 is 117 Å². The van der Waals surface area contributed by atoms with E-state index in [0.29, 0.717) is 5.56 Å². The smallest absolute Gasteiger partial charge is 0.331 e. The van der Waals surface area contributed by atoms with E-state index in [1.807, 2.05) is 0 Å². The highest BCUT2D eigenvalue weighted by Crippen LogP contribution is 2.35. The molecule has 3 aliphatic rings. The molecule has 3 saturated heterocycles. The number of ether oxygens (including phenoxy) is 7. The van der Waals surface area contributed by atoms with Crippen molar-refractivity contribution in [1.82, 2.24) is 0 Å². The van der Waals surface area contributed by atoms with Crippen molar-refractivity contribution in [2.24, 2.45) is 0 Å². The Morgan fingerprint density at radius 3 is 2.09 bits per heavy atom. The molecule has 0 saturated carbocycles. The van der Waals surface area contributed by atoms with E-state index >= 15 is 0 Å². The molecule has 0 unspecified atom stereocenters. The van der Waals surface area contributed by atoms with Gasteiger partial charge in [0, 0.05) is 6.08 Å². The van der Waals surface area contributed by atoms with Crippen LogP contribution in [0.25, 0.3) is 6.08 Å². The summed E-state index contributed by atoms with van der Waals surface area (Å²) in [4.78, 5) is 13.2. The van der Waals surface area contributed by atoms with Gasteiger partial charge in [-0.25, -0.2) is 4.79 Å². The molecule has 19 nitrogen and oxygen atoms in total. The molecule has 2 aromatic carbocycles. The summed E-state index contributed by atoms with van der Waals surface area (Å²) in [5.41, 5.74) is 0.800. The summed E-state index contributed by atoms with van der Waals surface area (Å²) in [5.74, 6) is -2.64. The van der Waals surface area contributed by atoms with Crippen LogP contribution in [0.15, 0.2) is 42.5 Å². The first kappa shape index (κ1) is 40.5. The summed E-state index contributed by atoms with van der Waals surface area (Å²) in [6.07, 6.45) is -20.4. The van der Waals surface area contributed by atoms with E-state index in [-0.39, 0.29) is 30.1 Å². The molecule has 5 rings (SSSR count). The van der Waals surface area contributed by atoms with E-state index in [4.69, 9.17) is 33.2 Å². The fraction of sp³-hybridized carbons (Fsp3) is 0.559. The van der Waals surface area contributed by atoms with Gasteiger partial charge in [-0.15, -0.1) is 0 Å². The Hall–Kier alpha value is -3.67. The number of hydrogen-bond acceptors (Lipinski definition) is 19. The summed E-state index contributed by atoms with van der Waals surface area (Å²) < 4.78 is 40.9. The monoisotopic (exact) mass is 756 g/mol. The number of esters is 1. The van der Waals surface area contributed by atoms with E-state index in [0.717, 1.165) is 6.08 Å². The maximum absolute atomic E-state index is 13.2. The number of phenols is 4. The van der Waals surface area contributed by atoms with Crippen molar-refractivity contribution < 1.29 is 94.1 Å². The topological polar surface area (TPSA) is 304 Å². The highest BCUT2D eigenvalue weighted by Gasteiger charge is 2.55. The molecule has 294 valence electrons. The Balaban J connectivity index is 1.48. The van der Waals surface area contributed by atoms with Crippen LogP contribution in [0.1, 0.15) is 18.1 Å². The summed E-state index contributed by atoms with van der Waals surface area (Å²) >= 11 is 0. The van der Waals surface area contributed by atoms with Crippen molar-refractivity contribution in [1.29, 1.82) is 0 Å². The summed E-state index contributed by atoms with van der Waals surface area (Å²) in [6, 6.07) is 7.81. The Labute approximate surface area is 302 Å². The molecule has 14 atom stereocenters. The summed E-state index contributed by atoms with van der Waals surface area (Å²) in [5, 5.41) is 112. The van der Waals surface area contributed by atoms with Gasteiger partial charge < -0.3 is 89.3 Å². The Bertz CT molecular complexity index is 1560. The molecule has 0 spiro atoms. The molecule has 3 heterocycles. The highest BCUT2D eigenvalue weighted by molar-refractivity contribution is 5.87. The number of carbonyl (C=O) groups is 1. The molecule has 0 radical (unpaired) electrons. The first-order valence-electron chi connectivity index (χ1n) is 16.6. The summed E-state index contributed by atoms with van der Waals surface area (Å²) in [7, 11) is 0. The van der Waals surface area contributed by atoms with Gasteiger partial charge in [-0.05, 0) is 54.8 Å². The third-order valence-corrected chi connectivity index (χ3v) is 8.99.